The van der Waals surface area contributed by atoms with Gasteiger partial charge < -0.3 is 0 Å². The molecular weight excluding hydrogens is 303 g/mol. The molecule has 76 valence electrons. The molecule has 0 atom stereocenters. The summed E-state index contributed by atoms with van der Waals surface area (Å²) in [5, 5.41) is 0. The molecule has 0 unspecified atom stereocenters. The second kappa shape index (κ2) is 5.07. The Kier molecular flexibility index (Phi) is 4.57. The van der Waals surface area contributed by atoms with E-state index in [0.29, 0.717) is 0 Å². The second-order valence-corrected chi connectivity index (χ2v) is 50.9. The van der Waals surface area contributed by atoms with Crippen molar-refractivity contribution in [2.75, 3.05) is 0 Å². The Morgan fingerprint density at radius 1 is 0.929 bits per heavy atom. The van der Waals surface area contributed by atoms with Gasteiger partial charge in [-0.3, -0.25) is 0 Å². The predicted octanol–water partition coefficient (Wildman–Crippen LogP) is 0.810. The summed E-state index contributed by atoms with van der Waals surface area (Å²) < 4.78 is 3.75. The van der Waals surface area contributed by atoms with Crippen LogP contribution >= 0.6 is 12.4 Å². The van der Waals surface area contributed by atoms with Crippen LogP contribution in [0.3, 0.4) is 0 Å². The molecule has 14 heavy (non-hydrogen) atoms. The fourth-order valence-electron chi connectivity index (χ4n) is 2.03. The standard InChI is InChI=1S/2C5H5.ClH.2H3Si.Zr/c2*1-2-4-5-3-1;;;;/h2*1-3H,4H2;1H;2*1H3;. The molecule has 0 spiro atoms. The van der Waals surface area contributed by atoms with Gasteiger partial charge in [0, 0.05) is 0 Å². The van der Waals surface area contributed by atoms with E-state index in [1.54, 1.807) is 0 Å². The minimum absolute atomic E-state index is 0. The molecule has 0 fully saturated rings. The Bertz CT molecular complexity index is 308. The van der Waals surface area contributed by atoms with Gasteiger partial charge in [-0.25, -0.2) is 0 Å². The normalized spacial score (nSPS) is 19.7. The van der Waals surface area contributed by atoms with Crippen molar-refractivity contribution >= 4 is 27.1 Å². The maximum absolute atomic E-state index is 2.43. The number of hydrogen-bond donors (Lipinski definition) is 0. The summed E-state index contributed by atoms with van der Waals surface area (Å²) in [6.45, 7) is 0. The molecule has 0 saturated carbocycles. The van der Waals surface area contributed by atoms with Crippen molar-refractivity contribution in [1.82, 2.24) is 0 Å². The van der Waals surface area contributed by atoms with E-state index in [1.807, 2.05) is 6.56 Å². The molecule has 0 amide bonds. The molecule has 0 heterocycles. The van der Waals surface area contributed by atoms with Crippen LogP contribution in [0.5, 0.6) is 0 Å². The van der Waals surface area contributed by atoms with Gasteiger partial charge in [0.15, 0.2) is 0 Å². The van der Waals surface area contributed by atoms with E-state index in [4.69, 9.17) is 0 Å². The second-order valence-electron chi connectivity index (χ2n) is 4.27. The first-order valence-electron chi connectivity index (χ1n) is 4.93. The van der Waals surface area contributed by atoms with E-state index < -0.39 is 18.6 Å². The summed E-state index contributed by atoms with van der Waals surface area (Å²) in [6, 6.07) is 0. The molecule has 0 aliphatic heterocycles. The first-order chi connectivity index (χ1) is 6.21. The van der Waals surface area contributed by atoms with Crippen molar-refractivity contribution < 1.29 is 18.6 Å². The Labute approximate surface area is 101 Å². The zero-order chi connectivity index (χ0) is 9.31. The fraction of sp³-hybridized carbons (Fsp3) is 0.200. The van der Waals surface area contributed by atoms with E-state index in [-0.39, 0.29) is 12.4 Å². The molecule has 0 saturated heterocycles. The van der Waals surface area contributed by atoms with Gasteiger partial charge >= 0.3 is 89.2 Å². The van der Waals surface area contributed by atoms with Gasteiger partial charge in [0.25, 0.3) is 0 Å². The van der Waals surface area contributed by atoms with E-state index in [9.17, 15) is 0 Å². The molecule has 2 rings (SSSR count). The molecule has 2 aliphatic rings. The Morgan fingerprint density at radius 3 is 1.64 bits per heavy atom. The van der Waals surface area contributed by atoms with E-state index in [1.165, 1.54) is 27.6 Å². The Balaban J connectivity index is 0.000000980. The van der Waals surface area contributed by atoms with Crippen LogP contribution in [0.25, 0.3) is 0 Å². The Morgan fingerprint density at radius 2 is 1.36 bits per heavy atom. The van der Waals surface area contributed by atoms with Gasteiger partial charge in [0.2, 0.25) is 0 Å². The van der Waals surface area contributed by atoms with Crippen molar-refractivity contribution in [2.45, 2.75) is 12.8 Å². The topological polar surface area (TPSA) is 0 Å². The molecule has 0 nitrogen and oxygen atoms in total. The maximum atomic E-state index is 2.43. The van der Waals surface area contributed by atoms with Crippen molar-refractivity contribution in [3.8, 4) is 0 Å². The minimum atomic E-state index is -1.73. The zero-order valence-electron chi connectivity index (χ0n) is 8.79. The van der Waals surface area contributed by atoms with Crippen LogP contribution < -0.4 is 0 Å². The third-order valence-corrected chi connectivity index (χ3v) is 28.1. The molecular formula is C10H17ClSi2Zr. The SMILES string of the molecule is Cl.[SiH3][Zr]([SiH3])([C]1=CC=CC1)[C]1=CC=CC1. The van der Waals surface area contributed by atoms with Crippen LogP contribution in [-0.2, 0) is 18.6 Å². The van der Waals surface area contributed by atoms with Crippen molar-refractivity contribution in [2.24, 2.45) is 0 Å². The molecule has 0 bridgehead atoms. The van der Waals surface area contributed by atoms with E-state index in [0.717, 1.165) is 0 Å². The van der Waals surface area contributed by atoms with Crippen LogP contribution in [0.4, 0.5) is 0 Å². The Hall–Kier alpha value is 0.567. The van der Waals surface area contributed by atoms with Crippen LogP contribution in [0, 0.1) is 0 Å². The van der Waals surface area contributed by atoms with Crippen molar-refractivity contribution in [3.05, 3.63) is 43.0 Å². The molecule has 0 radical (unpaired) electrons. The van der Waals surface area contributed by atoms with Gasteiger partial charge in [0.1, 0.15) is 0 Å². The van der Waals surface area contributed by atoms with E-state index >= 15 is 0 Å². The third-order valence-electron chi connectivity index (χ3n) is 3.15. The van der Waals surface area contributed by atoms with Gasteiger partial charge in [-0.2, -0.15) is 0 Å². The summed E-state index contributed by atoms with van der Waals surface area (Å²) in [4.78, 5) is 0. The predicted molar refractivity (Wildman–Crippen MR) is 70.8 cm³/mol. The van der Waals surface area contributed by atoms with Crippen LogP contribution in [0.2, 0.25) is 0 Å². The number of hydrogen-bond acceptors (Lipinski definition) is 0. The zero-order valence-corrected chi connectivity index (χ0v) is 16.1. The number of halogens is 1. The van der Waals surface area contributed by atoms with Crippen molar-refractivity contribution in [1.29, 1.82) is 0 Å². The third kappa shape index (κ3) is 2.38. The number of rotatable bonds is 2. The summed E-state index contributed by atoms with van der Waals surface area (Å²) in [5.41, 5.74) is 0. The van der Waals surface area contributed by atoms with Crippen molar-refractivity contribution in [3.63, 3.8) is 0 Å². The fourth-order valence-corrected chi connectivity index (χ4v) is 17.4. The molecule has 0 aromatic heterocycles. The molecule has 2 aliphatic carbocycles. The van der Waals surface area contributed by atoms with E-state index in [2.05, 4.69) is 36.5 Å². The van der Waals surface area contributed by atoms with Gasteiger partial charge in [-0.15, -0.1) is 12.4 Å². The molecule has 0 N–H and O–H groups in total. The monoisotopic (exact) mass is 318 g/mol. The number of allylic oxidation sites excluding steroid dienone is 8. The van der Waals surface area contributed by atoms with Crippen LogP contribution in [0.1, 0.15) is 12.8 Å². The average molecular weight is 320 g/mol. The van der Waals surface area contributed by atoms with Gasteiger partial charge in [0.05, 0.1) is 0 Å². The van der Waals surface area contributed by atoms with Gasteiger partial charge in [-0.05, 0) is 0 Å². The molecule has 0 aromatic rings. The summed E-state index contributed by atoms with van der Waals surface area (Å²) in [6.07, 6.45) is 16.6. The van der Waals surface area contributed by atoms with Gasteiger partial charge in [-0.1, -0.05) is 0 Å². The quantitative estimate of drug-likeness (QED) is 0.661. The molecule has 4 heteroatoms. The van der Waals surface area contributed by atoms with Crippen LogP contribution in [0.15, 0.2) is 43.0 Å². The first kappa shape index (κ1) is 12.6. The average Bonchev–Trinajstić information content (AvgIpc) is 2.78. The first-order valence-corrected chi connectivity index (χ1v) is 24.1. The summed E-state index contributed by atoms with van der Waals surface area (Å²) in [5.74, 6) is 0. The van der Waals surface area contributed by atoms with Crippen LogP contribution in [-0.4, -0.2) is 14.7 Å². The summed E-state index contributed by atoms with van der Waals surface area (Å²) in [7, 11) is 2.98. The summed E-state index contributed by atoms with van der Waals surface area (Å²) >= 11 is -1.73. The molecule has 0 aromatic carbocycles.